The Hall–Kier alpha value is -1.10. The standard InChI is InChI=1S/C22H31NO/c1-14-8-10-21(2)16(12-14)4-6-17-18-7-5-15(9-11-23)22(18,3)13-19(24)20(17)21/h9,14,16-18,20H,4-8,10,12-13H2,1-3H3. The van der Waals surface area contributed by atoms with Crippen LogP contribution in [0.4, 0.5) is 0 Å². The Bertz CT molecular complexity index is 628. The van der Waals surface area contributed by atoms with Crippen LogP contribution in [0, 0.1) is 51.8 Å². The maximum atomic E-state index is 13.4. The van der Waals surface area contributed by atoms with Crippen molar-refractivity contribution in [1.29, 1.82) is 5.26 Å². The van der Waals surface area contributed by atoms with Gasteiger partial charge in [0.1, 0.15) is 5.78 Å². The molecule has 7 unspecified atom stereocenters. The first kappa shape index (κ1) is 16.4. The summed E-state index contributed by atoms with van der Waals surface area (Å²) in [5.41, 5.74) is 1.47. The second kappa shape index (κ2) is 5.45. The molecule has 2 heteroatoms. The molecule has 130 valence electrons. The second-order valence-corrected chi connectivity index (χ2v) is 9.81. The number of hydrogen-bond acceptors (Lipinski definition) is 2. The molecular weight excluding hydrogens is 294 g/mol. The Kier molecular flexibility index (Phi) is 3.72. The molecule has 4 saturated carbocycles. The van der Waals surface area contributed by atoms with Crippen molar-refractivity contribution in [3.05, 3.63) is 11.6 Å². The van der Waals surface area contributed by atoms with Crippen LogP contribution in [-0.4, -0.2) is 5.78 Å². The number of carbonyl (C=O) groups is 1. The minimum absolute atomic E-state index is 0.0286. The quantitative estimate of drug-likeness (QED) is 0.567. The molecule has 0 aromatic heterocycles. The number of nitriles is 1. The van der Waals surface area contributed by atoms with Gasteiger partial charge in [-0.1, -0.05) is 32.8 Å². The largest absolute Gasteiger partial charge is 0.299 e. The zero-order chi connectivity index (χ0) is 17.1. The lowest BCUT2D eigenvalue weighted by molar-refractivity contribution is -0.154. The van der Waals surface area contributed by atoms with Crippen molar-refractivity contribution in [2.45, 2.75) is 72.1 Å². The number of fused-ring (bicyclic) bond motifs is 5. The topological polar surface area (TPSA) is 40.9 Å². The summed E-state index contributed by atoms with van der Waals surface area (Å²) in [6.45, 7) is 7.11. The van der Waals surface area contributed by atoms with Crippen molar-refractivity contribution >= 4 is 5.78 Å². The molecule has 0 amide bonds. The van der Waals surface area contributed by atoms with Crippen LogP contribution >= 0.6 is 0 Å². The molecule has 0 aromatic rings. The summed E-state index contributed by atoms with van der Waals surface area (Å²) in [5, 5.41) is 9.14. The molecular formula is C22H31NO. The van der Waals surface area contributed by atoms with Crippen molar-refractivity contribution in [3.63, 3.8) is 0 Å². The Labute approximate surface area is 146 Å². The predicted octanol–water partition coefficient (Wildman–Crippen LogP) is 5.29. The van der Waals surface area contributed by atoms with Crippen LogP contribution in [0.15, 0.2) is 11.6 Å². The Balaban J connectivity index is 1.70. The van der Waals surface area contributed by atoms with Crippen LogP contribution in [0.2, 0.25) is 0 Å². The fraction of sp³-hybridized carbons (Fsp3) is 0.818. The average molecular weight is 325 g/mol. The van der Waals surface area contributed by atoms with Gasteiger partial charge < -0.3 is 0 Å². The van der Waals surface area contributed by atoms with E-state index in [1.54, 1.807) is 6.08 Å². The van der Waals surface area contributed by atoms with E-state index >= 15 is 0 Å². The van der Waals surface area contributed by atoms with Gasteiger partial charge in [0.25, 0.3) is 0 Å². The van der Waals surface area contributed by atoms with Gasteiger partial charge in [0.15, 0.2) is 0 Å². The van der Waals surface area contributed by atoms with E-state index in [9.17, 15) is 4.79 Å². The molecule has 0 spiro atoms. The second-order valence-electron chi connectivity index (χ2n) is 9.81. The zero-order valence-electron chi connectivity index (χ0n) is 15.5. The van der Waals surface area contributed by atoms with Crippen molar-refractivity contribution in [2.24, 2.45) is 40.4 Å². The fourth-order valence-electron chi connectivity index (χ4n) is 7.45. The molecule has 0 heterocycles. The van der Waals surface area contributed by atoms with Crippen LogP contribution in [-0.2, 0) is 4.79 Å². The van der Waals surface area contributed by atoms with E-state index in [1.807, 2.05) is 0 Å². The summed E-state index contributed by atoms with van der Waals surface area (Å²) in [6.07, 6.45) is 11.1. The van der Waals surface area contributed by atoms with Gasteiger partial charge in [-0.2, -0.15) is 5.26 Å². The van der Waals surface area contributed by atoms with Crippen molar-refractivity contribution < 1.29 is 4.79 Å². The van der Waals surface area contributed by atoms with E-state index in [0.717, 1.165) is 18.3 Å². The maximum absolute atomic E-state index is 13.4. The Morgan fingerprint density at radius 1 is 1.21 bits per heavy atom. The third kappa shape index (κ3) is 2.09. The van der Waals surface area contributed by atoms with Crippen molar-refractivity contribution in [3.8, 4) is 6.07 Å². The summed E-state index contributed by atoms with van der Waals surface area (Å²) < 4.78 is 0. The van der Waals surface area contributed by atoms with E-state index < -0.39 is 0 Å². The Morgan fingerprint density at radius 3 is 2.75 bits per heavy atom. The monoisotopic (exact) mass is 325 g/mol. The van der Waals surface area contributed by atoms with Crippen molar-refractivity contribution in [2.75, 3.05) is 0 Å². The van der Waals surface area contributed by atoms with Crippen LogP contribution in [0.5, 0.6) is 0 Å². The minimum atomic E-state index is -0.0286. The highest BCUT2D eigenvalue weighted by Gasteiger charge is 2.61. The molecule has 4 aliphatic carbocycles. The van der Waals surface area contributed by atoms with Gasteiger partial charge in [0.2, 0.25) is 0 Å². The lowest BCUT2D eigenvalue weighted by Gasteiger charge is -2.59. The van der Waals surface area contributed by atoms with Crippen LogP contribution in [0.3, 0.4) is 0 Å². The number of carbonyl (C=O) groups excluding carboxylic acids is 1. The summed E-state index contributed by atoms with van der Waals surface area (Å²) >= 11 is 0. The van der Waals surface area contributed by atoms with Gasteiger partial charge in [-0.3, -0.25) is 4.79 Å². The summed E-state index contributed by atoms with van der Waals surface area (Å²) in [4.78, 5) is 13.4. The average Bonchev–Trinajstić information content (AvgIpc) is 2.84. The first-order valence-corrected chi connectivity index (χ1v) is 10.0. The van der Waals surface area contributed by atoms with Gasteiger partial charge in [-0.15, -0.1) is 0 Å². The summed E-state index contributed by atoms with van der Waals surface area (Å²) in [7, 11) is 0. The van der Waals surface area contributed by atoms with Gasteiger partial charge in [0, 0.05) is 18.4 Å². The highest BCUT2D eigenvalue weighted by molar-refractivity contribution is 5.85. The van der Waals surface area contributed by atoms with Gasteiger partial charge in [-0.05, 0) is 73.0 Å². The number of ketones is 1. The van der Waals surface area contributed by atoms with E-state index in [-0.39, 0.29) is 10.8 Å². The van der Waals surface area contributed by atoms with Gasteiger partial charge in [-0.25, -0.2) is 0 Å². The number of allylic oxidation sites excluding steroid dienone is 2. The molecule has 0 aliphatic heterocycles. The van der Waals surface area contributed by atoms with Gasteiger partial charge >= 0.3 is 0 Å². The van der Waals surface area contributed by atoms with E-state index in [1.165, 1.54) is 44.1 Å². The molecule has 4 aliphatic rings. The third-order valence-corrected chi connectivity index (χ3v) is 8.70. The van der Waals surface area contributed by atoms with E-state index in [2.05, 4.69) is 26.8 Å². The van der Waals surface area contributed by atoms with Crippen LogP contribution in [0.25, 0.3) is 0 Å². The normalized spacial score (nSPS) is 52.3. The maximum Gasteiger partial charge on any atom is 0.137 e. The first-order valence-electron chi connectivity index (χ1n) is 10.0. The SMILES string of the molecule is CC1CCC2(C)C(CCC3C4CCC(=CC#N)C4(C)CC(=O)C32)C1. The van der Waals surface area contributed by atoms with Crippen LogP contribution < -0.4 is 0 Å². The van der Waals surface area contributed by atoms with Crippen molar-refractivity contribution in [1.82, 2.24) is 0 Å². The summed E-state index contributed by atoms with van der Waals surface area (Å²) in [6, 6.07) is 2.24. The summed E-state index contributed by atoms with van der Waals surface area (Å²) in [5.74, 6) is 3.59. The number of Topliss-reactive ketones (excluding diaryl/α,β-unsaturated/α-hetero) is 1. The third-order valence-electron chi connectivity index (χ3n) is 8.70. The molecule has 4 fully saturated rings. The number of nitrogens with zero attached hydrogens (tertiary/aromatic N) is 1. The lowest BCUT2D eigenvalue weighted by atomic mass is 9.44. The zero-order valence-corrected chi connectivity index (χ0v) is 15.5. The van der Waals surface area contributed by atoms with E-state index in [4.69, 9.17) is 5.26 Å². The highest BCUT2D eigenvalue weighted by atomic mass is 16.1. The fourth-order valence-corrected chi connectivity index (χ4v) is 7.45. The smallest absolute Gasteiger partial charge is 0.137 e. The predicted molar refractivity (Wildman–Crippen MR) is 95.0 cm³/mol. The highest BCUT2D eigenvalue weighted by Crippen LogP contribution is 2.66. The minimum Gasteiger partial charge on any atom is -0.299 e. The molecule has 24 heavy (non-hydrogen) atoms. The lowest BCUT2D eigenvalue weighted by Crippen LogP contribution is -2.56. The number of hydrogen-bond donors (Lipinski definition) is 0. The van der Waals surface area contributed by atoms with Crippen LogP contribution in [0.1, 0.15) is 72.1 Å². The molecule has 0 radical (unpaired) electrons. The number of rotatable bonds is 0. The molecule has 0 aromatic carbocycles. The molecule has 0 saturated heterocycles. The molecule has 4 rings (SSSR count). The molecule has 0 N–H and O–H groups in total. The Morgan fingerprint density at radius 2 is 2.00 bits per heavy atom. The first-order chi connectivity index (χ1) is 11.4. The van der Waals surface area contributed by atoms with Gasteiger partial charge in [0.05, 0.1) is 6.07 Å². The molecule has 7 atom stereocenters. The molecule has 2 nitrogen and oxygen atoms in total. The van der Waals surface area contributed by atoms with E-state index in [0.29, 0.717) is 30.0 Å². The molecule has 0 bridgehead atoms.